The van der Waals surface area contributed by atoms with Gasteiger partial charge in [-0.15, -0.1) is 0 Å². The summed E-state index contributed by atoms with van der Waals surface area (Å²) in [7, 11) is 0. The van der Waals surface area contributed by atoms with Gasteiger partial charge in [-0.1, -0.05) is 19.9 Å². The normalized spacial score (nSPS) is 55.0. The molecule has 0 amide bonds. The molecule has 4 unspecified atom stereocenters. The number of aliphatic hydroxyl groups is 3. The Bertz CT molecular complexity index is 613. The minimum atomic E-state index is -1.01. The van der Waals surface area contributed by atoms with Gasteiger partial charge in [-0.05, 0) is 85.5 Å². The van der Waals surface area contributed by atoms with Crippen LogP contribution in [0.25, 0.3) is 0 Å². The van der Waals surface area contributed by atoms with Crippen LogP contribution in [0.15, 0.2) is 11.6 Å². The van der Waals surface area contributed by atoms with E-state index >= 15 is 0 Å². The molecule has 3 fully saturated rings. The van der Waals surface area contributed by atoms with Crippen LogP contribution in [-0.4, -0.2) is 39.4 Å². The molecule has 4 nitrogen and oxygen atoms in total. The van der Waals surface area contributed by atoms with Crippen molar-refractivity contribution in [2.45, 2.75) is 77.6 Å². The van der Waals surface area contributed by atoms with E-state index in [1.54, 1.807) is 6.92 Å². The molecule has 0 bridgehead atoms. The number of hydrogen-bond donors (Lipinski definition) is 3. The van der Waals surface area contributed by atoms with Crippen molar-refractivity contribution in [2.75, 3.05) is 0 Å². The van der Waals surface area contributed by atoms with E-state index in [1.165, 1.54) is 0 Å². The average molecular weight is 348 g/mol. The van der Waals surface area contributed by atoms with Crippen molar-refractivity contribution in [3.05, 3.63) is 11.6 Å². The highest BCUT2D eigenvalue weighted by Gasteiger charge is 2.61. The van der Waals surface area contributed by atoms with E-state index in [0.717, 1.165) is 37.7 Å². The zero-order valence-electron chi connectivity index (χ0n) is 15.6. The van der Waals surface area contributed by atoms with Gasteiger partial charge in [-0.3, -0.25) is 4.79 Å². The molecule has 4 rings (SSSR count). The summed E-state index contributed by atoms with van der Waals surface area (Å²) >= 11 is 0. The van der Waals surface area contributed by atoms with Crippen molar-refractivity contribution in [1.29, 1.82) is 0 Å². The second kappa shape index (κ2) is 5.64. The zero-order chi connectivity index (χ0) is 18.1. The molecule has 9 atom stereocenters. The highest BCUT2D eigenvalue weighted by atomic mass is 16.4. The van der Waals surface area contributed by atoms with Crippen molar-refractivity contribution in [3.63, 3.8) is 0 Å². The van der Waals surface area contributed by atoms with Crippen LogP contribution in [0.5, 0.6) is 0 Å². The quantitative estimate of drug-likeness (QED) is 0.680. The van der Waals surface area contributed by atoms with Crippen molar-refractivity contribution in [2.24, 2.45) is 34.5 Å². The SMILES string of the molecule is CC(=O)C1=CC[C@H]2[C@@H]3CCC4C(O)C(O)C(O)C[C@]4(C)[C@H]3CC[C@]12C. The van der Waals surface area contributed by atoms with Crippen LogP contribution in [0.4, 0.5) is 0 Å². The van der Waals surface area contributed by atoms with E-state index < -0.39 is 18.3 Å². The molecule has 0 heterocycles. The number of carbonyl (C=O) groups is 1. The third-order valence-electron chi connectivity index (χ3n) is 8.71. The van der Waals surface area contributed by atoms with Crippen LogP contribution in [0.3, 0.4) is 0 Å². The predicted molar refractivity (Wildman–Crippen MR) is 94.7 cm³/mol. The Labute approximate surface area is 150 Å². The Balaban J connectivity index is 1.65. The van der Waals surface area contributed by atoms with E-state index in [1.807, 2.05) is 0 Å². The molecule has 0 aliphatic heterocycles. The van der Waals surface area contributed by atoms with Crippen LogP contribution in [-0.2, 0) is 4.79 Å². The van der Waals surface area contributed by atoms with Crippen LogP contribution in [0, 0.1) is 34.5 Å². The molecule has 4 aliphatic rings. The molecule has 3 saturated carbocycles. The number of hydrogen-bond acceptors (Lipinski definition) is 4. The molecule has 0 aromatic carbocycles. The van der Waals surface area contributed by atoms with E-state index in [2.05, 4.69) is 19.9 Å². The van der Waals surface area contributed by atoms with E-state index in [-0.39, 0.29) is 22.5 Å². The topological polar surface area (TPSA) is 77.8 Å². The van der Waals surface area contributed by atoms with Crippen LogP contribution >= 0.6 is 0 Å². The Morgan fingerprint density at radius 1 is 1.04 bits per heavy atom. The number of carbonyl (C=O) groups excluding carboxylic acids is 1. The number of rotatable bonds is 1. The summed E-state index contributed by atoms with van der Waals surface area (Å²) in [6, 6.07) is 0. The fourth-order valence-corrected chi connectivity index (χ4v) is 7.50. The third-order valence-corrected chi connectivity index (χ3v) is 8.71. The first kappa shape index (κ1) is 17.7. The van der Waals surface area contributed by atoms with E-state index in [9.17, 15) is 20.1 Å². The largest absolute Gasteiger partial charge is 0.390 e. The van der Waals surface area contributed by atoms with Crippen molar-refractivity contribution < 1.29 is 20.1 Å². The molecule has 0 radical (unpaired) electrons. The molecule has 0 aromatic heterocycles. The molecule has 25 heavy (non-hydrogen) atoms. The number of ketones is 1. The van der Waals surface area contributed by atoms with Crippen molar-refractivity contribution in [1.82, 2.24) is 0 Å². The van der Waals surface area contributed by atoms with Gasteiger partial charge in [0.2, 0.25) is 0 Å². The summed E-state index contributed by atoms with van der Waals surface area (Å²) in [6.07, 6.45) is 5.10. The van der Waals surface area contributed by atoms with E-state index in [0.29, 0.717) is 24.2 Å². The summed E-state index contributed by atoms with van der Waals surface area (Å²) in [6.45, 7) is 6.19. The van der Waals surface area contributed by atoms with Gasteiger partial charge in [0.15, 0.2) is 5.78 Å². The first-order valence-corrected chi connectivity index (χ1v) is 9.96. The summed E-state index contributed by atoms with van der Waals surface area (Å²) in [4.78, 5) is 12.1. The van der Waals surface area contributed by atoms with Crippen molar-refractivity contribution in [3.8, 4) is 0 Å². The van der Waals surface area contributed by atoms with Gasteiger partial charge in [-0.2, -0.15) is 0 Å². The smallest absolute Gasteiger partial charge is 0.156 e. The molecule has 0 spiro atoms. The maximum atomic E-state index is 12.1. The highest BCUT2D eigenvalue weighted by molar-refractivity contribution is 5.95. The number of Topliss-reactive ketones (excluding diaryl/α,β-unsaturated/α-hetero) is 1. The number of aliphatic hydroxyl groups excluding tert-OH is 3. The summed E-state index contributed by atoms with van der Waals surface area (Å²) in [5.74, 6) is 1.79. The monoisotopic (exact) mass is 348 g/mol. The first-order chi connectivity index (χ1) is 11.7. The molecule has 0 aromatic rings. The van der Waals surface area contributed by atoms with Gasteiger partial charge >= 0.3 is 0 Å². The summed E-state index contributed by atoms with van der Waals surface area (Å²) < 4.78 is 0. The Morgan fingerprint density at radius 2 is 1.76 bits per heavy atom. The average Bonchev–Trinajstić information content (AvgIpc) is 2.90. The minimum absolute atomic E-state index is 0.00160. The number of allylic oxidation sites excluding steroid dienone is 2. The Kier molecular flexibility index (Phi) is 3.99. The molecule has 3 N–H and O–H groups in total. The van der Waals surface area contributed by atoms with Crippen LogP contribution in [0.1, 0.15) is 59.3 Å². The van der Waals surface area contributed by atoms with Crippen molar-refractivity contribution >= 4 is 5.78 Å². The summed E-state index contributed by atoms with van der Waals surface area (Å²) in [5.41, 5.74) is 0.908. The van der Waals surface area contributed by atoms with Gasteiger partial charge in [-0.25, -0.2) is 0 Å². The molecule has 0 saturated heterocycles. The molecule has 4 aliphatic carbocycles. The lowest BCUT2D eigenvalue weighted by atomic mass is 9.44. The molecule has 140 valence electrons. The standard InChI is InChI=1S/C21H32O4/c1-11(22)13-6-7-14-12-4-5-16-18(24)19(25)17(23)10-21(16,3)15(12)8-9-20(13,14)2/h6,12,14-19,23-25H,4-5,7-10H2,1-3H3/t12-,14-,15-,16?,17?,18?,19?,20+,21+/m0/s1. The molecular formula is C21H32O4. The fraction of sp³-hybridized carbons (Fsp3) is 0.857. The second-order valence-corrected chi connectivity index (χ2v) is 9.68. The van der Waals surface area contributed by atoms with Gasteiger partial charge < -0.3 is 15.3 Å². The number of fused-ring (bicyclic) bond motifs is 5. The zero-order valence-corrected chi connectivity index (χ0v) is 15.6. The third kappa shape index (κ3) is 2.26. The summed E-state index contributed by atoms with van der Waals surface area (Å²) in [5, 5.41) is 31.1. The van der Waals surface area contributed by atoms with Crippen LogP contribution < -0.4 is 0 Å². The van der Waals surface area contributed by atoms with Gasteiger partial charge in [0.05, 0.1) is 12.2 Å². The maximum absolute atomic E-state index is 12.1. The van der Waals surface area contributed by atoms with E-state index in [4.69, 9.17) is 0 Å². The minimum Gasteiger partial charge on any atom is -0.390 e. The lowest BCUT2D eigenvalue weighted by molar-refractivity contribution is -0.205. The fourth-order valence-electron chi connectivity index (χ4n) is 7.50. The Morgan fingerprint density at radius 3 is 2.44 bits per heavy atom. The first-order valence-electron chi connectivity index (χ1n) is 9.96. The molecular weight excluding hydrogens is 316 g/mol. The van der Waals surface area contributed by atoms with Crippen LogP contribution in [0.2, 0.25) is 0 Å². The Hall–Kier alpha value is -0.710. The van der Waals surface area contributed by atoms with Gasteiger partial charge in [0, 0.05) is 0 Å². The van der Waals surface area contributed by atoms with Gasteiger partial charge in [0.25, 0.3) is 0 Å². The predicted octanol–water partition coefficient (Wildman–Crippen LogP) is 2.46. The van der Waals surface area contributed by atoms with Gasteiger partial charge in [0.1, 0.15) is 6.10 Å². The second-order valence-electron chi connectivity index (χ2n) is 9.68. The lowest BCUT2D eigenvalue weighted by Crippen LogP contribution is -2.61. The highest BCUT2D eigenvalue weighted by Crippen LogP contribution is 2.66. The molecule has 4 heteroatoms. The maximum Gasteiger partial charge on any atom is 0.156 e. The lowest BCUT2D eigenvalue weighted by Gasteiger charge is -2.62.